The average molecular weight is 526 g/mol. The summed E-state index contributed by atoms with van der Waals surface area (Å²) in [5.74, 6) is 0.247. The molecular formula is C18H19IN6O3S. The summed E-state index contributed by atoms with van der Waals surface area (Å²) in [4.78, 5) is 25.0. The summed E-state index contributed by atoms with van der Waals surface area (Å²) in [6.45, 7) is 0.577. The Labute approximate surface area is 184 Å². The summed E-state index contributed by atoms with van der Waals surface area (Å²) in [6, 6.07) is 8.13. The standard InChI is InChI=1S/C18H19IN6O3S/c1-20-17(28)14-12(26)13(27)18(29-14)25-8-24-11-15(22-7-23-16(11)25)21-6-9-3-2-4-10(19)5-9/h2-5,7-8,12-14,18,26-27H,6H2,1H3,(H,20,28)(H,21,22,23)/t12-,13+,14?,18+/m0/s1. The third-order valence-electron chi connectivity index (χ3n) is 4.73. The fraction of sp³-hybridized carbons (Fsp3) is 0.333. The number of halogens is 1. The molecular weight excluding hydrogens is 507 g/mol. The normalized spacial score (nSPS) is 24.0. The van der Waals surface area contributed by atoms with E-state index in [9.17, 15) is 15.0 Å². The van der Waals surface area contributed by atoms with Gasteiger partial charge in [-0.2, -0.15) is 0 Å². The van der Waals surface area contributed by atoms with Gasteiger partial charge in [0.05, 0.1) is 6.33 Å². The van der Waals surface area contributed by atoms with E-state index in [0.717, 1.165) is 9.13 Å². The van der Waals surface area contributed by atoms with Crippen molar-refractivity contribution in [3.8, 4) is 0 Å². The largest absolute Gasteiger partial charge is 0.389 e. The molecule has 9 nitrogen and oxygen atoms in total. The van der Waals surface area contributed by atoms with Gasteiger partial charge in [0.2, 0.25) is 5.91 Å². The van der Waals surface area contributed by atoms with Crippen molar-refractivity contribution in [2.75, 3.05) is 12.4 Å². The Balaban J connectivity index is 1.60. The lowest BCUT2D eigenvalue weighted by molar-refractivity contribution is -0.122. The number of hydrogen-bond acceptors (Lipinski definition) is 8. The molecule has 0 spiro atoms. The van der Waals surface area contributed by atoms with Gasteiger partial charge in [0.25, 0.3) is 0 Å². The number of nitrogens with one attached hydrogen (secondary N) is 2. The van der Waals surface area contributed by atoms with Crippen LogP contribution in [-0.4, -0.2) is 60.1 Å². The van der Waals surface area contributed by atoms with Gasteiger partial charge >= 0.3 is 0 Å². The number of aliphatic hydroxyl groups is 2. The number of fused-ring (bicyclic) bond motifs is 1. The number of carbonyl (C=O) groups excluding carboxylic acids is 1. The Kier molecular flexibility index (Phi) is 5.90. The molecule has 1 unspecified atom stereocenters. The van der Waals surface area contributed by atoms with Crippen LogP contribution in [0.15, 0.2) is 36.9 Å². The molecule has 1 saturated heterocycles. The molecule has 1 fully saturated rings. The monoisotopic (exact) mass is 526 g/mol. The van der Waals surface area contributed by atoms with E-state index >= 15 is 0 Å². The van der Waals surface area contributed by atoms with E-state index in [2.05, 4.69) is 54.2 Å². The van der Waals surface area contributed by atoms with Crippen molar-refractivity contribution in [1.29, 1.82) is 0 Å². The van der Waals surface area contributed by atoms with Crippen molar-refractivity contribution in [3.05, 3.63) is 46.1 Å². The van der Waals surface area contributed by atoms with Crippen LogP contribution >= 0.6 is 34.4 Å². The van der Waals surface area contributed by atoms with Crippen LogP contribution in [0, 0.1) is 3.57 Å². The second kappa shape index (κ2) is 8.42. The maximum absolute atomic E-state index is 12.0. The third kappa shape index (κ3) is 3.91. The maximum atomic E-state index is 12.0. The lowest BCUT2D eigenvalue weighted by Gasteiger charge is -2.17. The Morgan fingerprint density at radius 3 is 2.86 bits per heavy atom. The van der Waals surface area contributed by atoms with Crippen LogP contribution < -0.4 is 10.6 Å². The molecule has 4 atom stereocenters. The Morgan fingerprint density at radius 2 is 2.10 bits per heavy atom. The first-order valence-electron chi connectivity index (χ1n) is 8.88. The van der Waals surface area contributed by atoms with E-state index in [1.807, 2.05) is 18.2 Å². The number of anilines is 1. The van der Waals surface area contributed by atoms with Crippen LogP contribution in [-0.2, 0) is 11.3 Å². The second-order valence-electron chi connectivity index (χ2n) is 6.57. The molecule has 0 radical (unpaired) electrons. The van der Waals surface area contributed by atoms with Crippen LogP contribution in [0.5, 0.6) is 0 Å². The fourth-order valence-electron chi connectivity index (χ4n) is 3.25. The van der Waals surface area contributed by atoms with Gasteiger partial charge in [-0.05, 0) is 40.3 Å². The highest BCUT2D eigenvalue weighted by Gasteiger charge is 2.47. The number of aromatic nitrogens is 4. The molecule has 11 heteroatoms. The van der Waals surface area contributed by atoms with Gasteiger partial charge in [0.15, 0.2) is 11.5 Å². The van der Waals surface area contributed by atoms with Crippen LogP contribution in [0.1, 0.15) is 10.9 Å². The summed E-state index contributed by atoms with van der Waals surface area (Å²) in [5, 5.41) is 25.2. The number of benzene rings is 1. The molecule has 0 saturated carbocycles. The minimum atomic E-state index is -1.18. The van der Waals surface area contributed by atoms with Gasteiger partial charge in [0, 0.05) is 17.2 Å². The summed E-state index contributed by atoms with van der Waals surface area (Å²) in [7, 11) is 1.50. The molecule has 1 amide bonds. The number of amides is 1. The zero-order chi connectivity index (χ0) is 20.5. The average Bonchev–Trinajstić information content (AvgIpc) is 3.28. The molecule has 0 aliphatic carbocycles. The Bertz CT molecular complexity index is 1050. The number of imidazole rings is 1. The minimum absolute atomic E-state index is 0.331. The summed E-state index contributed by atoms with van der Waals surface area (Å²) >= 11 is 3.45. The van der Waals surface area contributed by atoms with E-state index in [-0.39, 0.29) is 5.91 Å². The molecule has 152 valence electrons. The summed E-state index contributed by atoms with van der Waals surface area (Å²) in [6.07, 6.45) is 0.673. The van der Waals surface area contributed by atoms with Gasteiger partial charge in [0.1, 0.15) is 34.7 Å². The third-order valence-corrected chi connectivity index (χ3v) is 6.97. The first kappa shape index (κ1) is 20.3. The lowest BCUT2D eigenvalue weighted by Crippen LogP contribution is -2.39. The smallest absolute Gasteiger partial charge is 0.235 e. The van der Waals surface area contributed by atoms with Gasteiger partial charge in [-0.1, -0.05) is 12.1 Å². The summed E-state index contributed by atoms with van der Waals surface area (Å²) < 4.78 is 2.82. The number of aliphatic hydroxyl groups excluding tert-OH is 2. The van der Waals surface area contributed by atoms with Gasteiger partial charge < -0.3 is 20.8 Å². The number of thioether (sulfide) groups is 1. The SMILES string of the molecule is CNC(=O)C1S[C@@H](n2cnc3c(NCc4cccc(I)c4)ncnc32)[C@H](O)[C@@H]1O. The Hall–Kier alpha value is -1.96. The predicted molar refractivity (Wildman–Crippen MR) is 118 cm³/mol. The highest BCUT2D eigenvalue weighted by Crippen LogP contribution is 2.43. The molecule has 4 rings (SSSR count). The molecule has 3 aromatic rings. The number of nitrogens with zero attached hydrogens (tertiary/aromatic N) is 4. The highest BCUT2D eigenvalue weighted by atomic mass is 127. The topological polar surface area (TPSA) is 125 Å². The van der Waals surface area contributed by atoms with Crippen LogP contribution in [0.3, 0.4) is 0 Å². The summed E-state index contributed by atoms with van der Waals surface area (Å²) in [5.41, 5.74) is 2.19. The molecule has 1 aliphatic rings. The number of carbonyl (C=O) groups is 1. The molecule has 4 N–H and O–H groups in total. The minimum Gasteiger partial charge on any atom is -0.389 e. The first-order chi connectivity index (χ1) is 14.0. The van der Waals surface area contributed by atoms with E-state index < -0.39 is 22.8 Å². The van der Waals surface area contributed by atoms with Crippen molar-refractivity contribution in [2.24, 2.45) is 0 Å². The van der Waals surface area contributed by atoms with E-state index in [1.54, 1.807) is 10.9 Å². The molecule has 3 heterocycles. The van der Waals surface area contributed by atoms with Crippen LogP contribution in [0.25, 0.3) is 11.2 Å². The second-order valence-corrected chi connectivity index (χ2v) is 9.08. The number of hydrogen-bond donors (Lipinski definition) is 4. The van der Waals surface area contributed by atoms with Crippen LogP contribution in [0.2, 0.25) is 0 Å². The quantitative estimate of drug-likeness (QED) is 0.365. The van der Waals surface area contributed by atoms with Gasteiger partial charge in [-0.15, -0.1) is 11.8 Å². The molecule has 0 bridgehead atoms. The fourth-order valence-corrected chi connectivity index (χ4v) is 5.33. The van der Waals surface area contributed by atoms with Crippen molar-refractivity contribution < 1.29 is 15.0 Å². The van der Waals surface area contributed by atoms with E-state index in [1.165, 1.54) is 25.1 Å². The first-order valence-corrected chi connectivity index (χ1v) is 10.9. The zero-order valence-corrected chi connectivity index (χ0v) is 18.3. The Morgan fingerprint density at radius 1 is 1.28 bits per heavy atom. The maximum Gasteiger partial charge on any atom is 0.235 e. The molecule has 29 heavy (non-hydrogen) atoms. The lowest BCUT2D eigenvalue weighted by atomic mass is 10.1. The predicted octanol–water partition coefficient (Wildman–Crippen LogP) is 1.12. The van der Waals surface area contributed by atoms with Crippen molar-refractivity contribution >= 4 is 57.2 Å². The van der Waals surface area contributed by atoms with Gasteiger partial charge in [-0.3, -0.25) is 9.36 Å². The number of rotatable bonds is 5. The highest BCUT2D eigenvalue weighted by molar-refractivity contribution is 14.1. The van der Waals surface area contributed by atoms with Crippen LogP contribution in [0.4, 0.5) is 5.82 Å². The van der Waals surface area contributed by atoms with E-state index in [0.29, 0.717) is 23.5 Å². The van der Waals surface area contributed by atoms with Crippen molar-refractivity contribution in [1.82, 2.24) is 24.8 Å². The zero-order valence-electron chi connectivity index (χ0n) is 15.4. The molecule has 1 aliphatic heterocycles. The van der Waals surface area contributed by atoms with Gasteiger partial charge in [-0.25, -0.2) is 15.0 Å². The van der Waals surface area contributed by atoms with E-state index in [4.69, 9.17) is 0 Å². The van der Waals surface area contributed by atoms with Crippen molar-refractivity contribution in [3.63, 3.8) is 0 Å². The molecule has 1 aromatic carbocycles. The molecule has 2 aromatic heterocycles. The van der Waals surface area contributed by atoms with Crippen molar-refractivity contribution in [2.45, 2.75) is 29.4 Å².